The van der Waals surface area contributed by atoms with Crippen LogP contribution >= 0.6 is 0 Å². The molecule has 25 heavy (non-hydrogen) atoms. The molecule has 1 heterocycles. The number of carbonyl (C=O) groups excluding carboxylic acids is 1. The molecule has 0 saturated heterocycles. The minimum Gasteiger partial charge on any atom is -0.497 e. The molecule has 0 aliphatic rings. The highest BCUT2D eigenvalue weighted by molar-refractivity contribution is 5.78. The Balaban J connectivity index is 1.51. The molecule has 0 unspecified atom stereocenters. The third-order valence-corrected chi connectivity index (χ3v) is 3.85. The highest BCUT2D eigenvalue weighted by Crippen LogP contribution is 2.23. The van der Waals surface area contributed by atoms with Gasteiger partial charge in [-0.15, -0.1) is 0 Å². The van der Waals surface area contributed by atoms with Crippen molar-refractivity contribution in [2.75, 3.05) is 13.7 Å². The highest BCUT2D eigenvalue weighted by Gasteiger charge is 2.10. The maximum atomic E-state index is 12.0. The third kappa shape index (κ3) is 4.70. The first-order valence-corrected chi connectivity index (χ1v) is 8.15. The summed E-state index contributed by atoms with van der Waals surface area (Å²) in [5.74, 6) is 1.35. The fraction of sp³-hybridized carbons (Fsp3) is 0.200. The number of hydrogen-bond acceptors (Lipinski definition) is 4. The lowest BCUT2D eigenvalue weighted by atomic mass is 10.1. The molecule has 0 fully saturated rings. The molecule has 3 rings (SSSR count). The molecule has 1 N–H and O–H groups in total. The smallest absolute Gasteiger partial charge is 0.226 e. The van der Waals surface area contributed by atoms with E-state index in [0.717, 1.165) is 17.7 Å². The van der Waals surface area contributed by atoms with Gasteiger partial charge in [-0.25, -0.2) is 0 Å². The number of carbonyl (C=O) groups is 1. The van der Waals surface area contributed by atoms with Gasteiger partial charge >= 0.3 is 0 Å². The van der Waals surface area contributed by atoms with E-state index in [1.165, 1.54) is 5.56 Å². The van der Waals surface area contributed by atoms with Crippen molar-refractivity contribution in [2.45, 2.75) is 12.8 Å². The van der Waals surface area contributed by atoms with Crippen molar-refractivity contribution in [1.29, 1.82) is 0 Å². The van der Waals surface area contributed by atoms with E-state index in [-0.39, 0.29) is 12.3 Å². The average molecular weight is 336 g/mol. The molecule has 0 spiro atoms. The molecule has 1 amide bonds. The Morgan fingerprint density at radius 3 is 2.60 bits per heavy atom. The minimum atomic E-state index is -0.0643. The van der Waals surface area contributed by atoms with Crippen molar-refractivity contribution < 1.29 is 14.1 Å². The molecular weight excluding hydrogens is 316 g/mol. The van der Waals surface area contributed by atoms with E-state index >= 15 is 0 Å². The maximum Gasteiger partial charge on any atom is 0.226 e. The second-order valence-corrected chi connectivity index (χ2v) is 5.67. The average Bonchev–Trinajstić information content (AvgIpc) is 3.11. The van der Waals surface area contributed by atoms with Crippen LogP contribution in [0.25, 0.3) is 11.3 Å². The van der Waals surface area contributed by atoms with E-state index < -0.39 is 0 Å². The lowest BCUT2D eigenvalue weighted by molar-refractivity contribution is -0.120. The summed E-state index contributed by atoms with van der Waals surface area (Å²) < 4.78 is 10.5. The van der Waals surface area contributed by atoms with Gasteiger partial charge in [0.15, 0.2) is 5.76 Å². The second kappa shape index (κ2) is 8.15. The van der Waals surface area contributed by atoms with Gasteiger partial charge in [0.25, 0.3) is 0 Å². The SMILES string of the molecule is COc1ccc(-c2cc(CC(=O)NCCc3ccccc3)no2)cc1. The predicted molar refractivity (Wildman–Crippen MR) is 95.4 cm³/mol. The monoisotopic (exact) mass is 336 g/mol. The zero-order chi connectivity index (χ0) is 17.5. The van der Waals surface area contributed by atoms with E-state index in [0.29, 0.717) is 18.0 Å². The van der Waals surface area contributed by atoms with Crippen LogP contribution < -0.4 is 10.1 Å². The zero-order valence-corrected chi connectivity index (χ0v) is 14.1. The summed E-state index contributed by atoms with van der Waals surface area (Å²) in [6, 6.07) is 19.3. The topological polar surface area (TPSA) is 64.4 Å². The molecule has 0 aliphatic carbocycles. The summed E-state index contributed by atoms with van der Waals surface area (Å²) in [6.45, 7) is 0.603. The number of amides is 1. The molecule has 2 aromatic carbocycles. The van der Waals surface area contributed by atoms with Crippen LogP contribution in [0.15, 0.2) is 65.2 Å². The summed E-state index contributed by atoms with van der Waals surface area (Å²) in [4.78, 5) is 12.0. The van der Waals surface area contributed by atoms with Gasteiger partial charge in [0, 0.05) is 18.2 Å². The van der Waals surface area contributed by atoms with E-state index in [9.17, 15) is 4.79 Å². The number of aromatic nitrogens is 1. The number of ether oxygens (including phenoxy) is 1. The summed E-state index contributed by atoms with van der Waals surface area (Å²) in [5.41, 5.74) is 2.71. The number of benzene rings is 2. The molecule has 128 valence electrons. The molecule has 0 saturated carbocycles. The number of rotatable bonds is 7. The standard InChI is InChI=1S/C20H20N2O3/c1-24-18-9-7-16(8-10-18)19-13-17(22-25-19)14-20(23)21-12-11-15-5-3-2-4-6-15/h2-10,13H,11-12,14H2,1H3,(H,21,23). The van der Waals surface area contributed by atoms with Crippen molar-refractivity contribution >= 4 is 5.91 Å². The second-order valence-electron chi connectivity index (χ2n) is 5.67. The van der Waals surface area contributed by atoms with Gasteiger partial charge in [-0.1, -0.05) is 35.5 Å². The lowest BCUT2D eigenvalue weighted by Gasteiger charge is -2.03. The van der Waals surface area contributed by atoms with Crippen LogP contribution in [0.5, 0.6) is 5.75 Å². The molecule has 0 aliphatic heterocycles. The van der Waals surface area contributed by atoms with Crippen molar-refractivity contribution in [2.24, 2.45) is 0 Å². The molecule has 0 atom stereocenters. The molecule has 0 bridgehead atoms. The number of nitrogens with one attached hydrogen (secondary N) is 1. The summed E-state index contributed by atoms with van der Waals surface area (Å²) >= 11 is 0. The van der Waals surface area contributed by atoms with Gasteiger partial charge < -0.3 is 14.6 Å². The Bertz CT molecular complexity index is 810. The first-order valence-electron chi connectivity index (χ1n) is 8.15. The Labute approximate surface area is 146 Å². The molecule has 0 radical (unpaired) electrons. The van der Waals surface area contributed by atoms with Gasteiger partial charge in [0.2, 0.25) is 5.91 Å². The predicted octanol–water partition coefficient (Wildman–Crippen LogP) is 3.25. The summed E-state index contributed by atoms with van der Waals surface area (Å²) in [6.07, 6.45) is 1.01. The van der Waals surface area contributed by atoms with Crippen LogP contribution in [0.4, 0.5) is 0 Å². The zero-order valence-electron chi connectivity index (χ0n) is 14.1. The Morgan fingerprint density at radius 1 is 1.12 bits per heavy atom. The Morgan fingerprint density at radius 2 is 1.88 bits per heavy atom. The number of nitrogens with zero attached hydrogens (tertiary/aromatic N) is 1. The van der Waals surface area contributed by atoms with Crippen LogP contribution in [-0.2, 0) is 17.6 Å². The Hall–Kier alpha value is -3.08. The largest absolute Gasteiger partial charge is 0.497 e. The van der Waals surface area contributed by atoms with Crippen LogP contribution in [0.2, 0.25) is 0 Å². The van der Waals surface area contributed by atoms with Crippen LogP contribution in [-0.4, -0.2) is 24.7 Å². The Kier molecular flexibility index (Phi) is 5.46. The molecule has 1 aromatic heterocycles. The summed E-state index contributed by atoms with van der Waals surface area (Å²) in [7, 11) is 1.62. The lowest BCUT2D eigenvalue weighted by Crippen LogP contribution is -2.27. The molecule has 5 heteroatoms. The van der Waals surface area contributed by atoms with Gasteiger partial charge in [0.1, 0.15) is 5.75 Å². The van der Waals surface area contributed by atoms with Crippen LogP contribution in [0.3, 0.4) is 0 Å². The number of hydrogen-bond donors (Lipinski definition) is 1. The van der Waals surface area contributed by atoms with Gasteiger partial charge in [0.05, 0.1) is 19.2 Å². The molecule has 5 nitrogen and oxygen atoms in total. The van der Waals surface area contributed by atoms with E-state index in [1.54, 1.807) is 13.2 Å². The highest BCUT2D eigenvalue weighted by atomic mass is 16.5. The van der Waals surface area contributed by atoms with E-state index in [4.69, 9.17) is 9.26 Å². The molecule has 3 aromatic rings. The van der Waals surface area contributed by atoms with Crippen molar-refractivity contribution in [3.8, 4) is 17.1 Å². The van der Waals surface area contributed by atoms with Gasteiger partial charge in [-0.05, 0) is 36.2 Å². The quantitative estimate of drug-likeness (QED) is 0.719. The van der Waals surface area contributed by atoms with Crippen LogP contribution in [0, 0.1) is 0 Å². The van der Waals surface area contributed by atoms with Gasteiger partial charge in [-0.2, -0.15) is 0 Å². The van der Waals surface area contributed by atoms with Crippen molar-refractivity contribution in [3.05, 3.63) is 71.9 Å². The fourth-order valence-corrected chi connectivity index (χ4v) is 2.50. The maximum absolute atomic E-state index is 12.0. The third-order valence-electron chi connectivity index (χ3n) is 3.85. The first-order chi connectivity index (χ1) is 12.2. The van der Waals surface area contributed by atoms with Crippen molar-refractivity contribution in [1.82, 2.24) is 10.5 Å². The minimum absolute atomic E-state index is 0.0643. The molecular formula is C20H20N2O3. The first kappa shape index (κ1) is 16.8. The van der Waals surface area contributed by atoms with E-state index in [2.05, 4.69) is 10.5 Å². The summed E-state index contributed by atoms with van der Waals surface area (Å²) in [5, 5.41) is 6.88. The normalized spacial score (nSPS) is 10.4. The van der Waals surface area contributed by atoms with Crippen LogP contribution in [0.1, 0.15) is 11.3 Å². The number of methoxy groups -OCH3 is 1. The van der Waals surface area contributed by atoms with Gasteiger partial charge in [-0.3, -0.25) is 4.79 Å². The fourth-order valence-electron chi connectivity index (χ4n) is 2.50. The van der Waals surface area contributed by atoms with Crippen molar-refractivity contribution in [3.63, 3.8) is 0 Å². The van der Waals surface area contributed by atoms with E-state index in [1.807, 2.05) is 54.6 Å².